The number of rotatable bonds is 2. The van der Waals surface area contributed by atoms with E-state index in [-0.39, 0.29) is 0 Å². The van der Waals surface area contributed by atoms with Gasteiger partial charge < -0.3 is 11.5 Å². The molecule has 2 aromatic rings. The minimum atomic E-state index is 0.532. The van der Waals surface area contributed by atoms with Crippen LogP contribution in [0.25, 0.3) is 0 Å². The van der Waals surface area contributed by atoms with Gasteiger partial charge in [-0.1, -0.05) is 6.08 Å². The van der Waals surface area contributed by atoms with Gasteiger partial charge in [-0.3, -0.25) is 0 Å². The average Bonchev–Trinajstić information content (AvgIpc) is 2.69. The first-order valence-corrected chi connectivity index (χ1v) is 8.42. The van der Waals surface area contributed by atoms with Gasteiger partial charge in [0.05, 0.1) is 0 Å². The summed E-state index contributed by atoms with van der Waals surface area (Å²) in [4.78, 5) is 20.5. The number of allylic oxidation sites excluding steroid dienone is 2. The molecule has 0 spiro atoms. The van der Waals surface area contributed by atoms with Crippen LogP contribution in [0, 0.1) is 0 Å². The monoisotopic (exact) mass is 353 g/mol. The number of nitrogen functional groups attached to an aromatic ring is 2. The van der Waals surface area contributed by atoms with Crippen molar-refractivity contribution < 1.29 is 0 Å². The molecule has 3 aliphatic rings. The molecule has 2 aromatic carbocycles. The highest BCUT2D eigenvalue weighted by atomic mass is 15.4. The molecule has 7 heteroatoms. The lowest BCUT2D eigenvalue weighted by Crippen LogP contribution is -2.41. The molecule has 4 N–H and O–H groups in total. The molecule has 3 heterocycles. The largest absolute Gasteiger partial charge is 0.399 e. The lowest BCUT2D eigenvalue weighted by molar-refractivity contribution is 0.711. The molecule has 3 aliphatic heterocycles. The van der Waals surface area contributed by atoms with Crippen LogP contribution in [-0.2, 0) is 0 Å². The maximum atomic E-state index is 5.79. The Kier molecular flexibility index (Phi) is 3.26. The van der Waals surface area contributed by atoms with Gasteiger partial charge in [-0.05, 0) is 60.7 Å². The quantitative estimate of drug-likeness (QED) is 0.811. The minimum absolute atomic E-state index is 0.532. The first-order chi connectivity index (χ1) is 13.2. The maximum absolute atomic E-state index is 5.79. The summed E-state index contributed by atoms with van der Waals surface area (Å²) in [5.74, 6) is 3.17. The summed E-state index contributed by atoms with van der Waals surface area (Å²) in [5, 5.41) is 0. The smallest absolute Gasteiger partial charge is 0.241 e. The van der Waals surface area contributed by atoms with Crippen LogP contribution in [0.3, 0.4) is 0 Å². The molecule has 0 fully saturated rings. The lowest BCUT2D eigenvalue weighted by Gasteiger charge is -2.31. The van der Waals surface area contributed by atoms with Crippen molar-refractivity contribution in [1.82, 2.24) is 4.90 Å². The van der Waals surface area contributed by atoms with Crippen molar-refractivity contribution in [1.29, 1.82) is 0 Å². The fourth-order valence-corrected chi connectivity index (χ4v) is 2.97. The lowest BCUT2D eigenvalue weighted by atomic mass is 10.1. The number of benzene rings is 2. The highest BCUT2D eigenvalue weighted by Crippen LogP contribution is 2.25. The number of aliphatic imine (C=N–C) groups is 4. The SMILES string of the molecule is Nc1ccc(C2=NC3=CC=CC4=NC(c5ccc(N)cc5)=NC(=N2)N34)cc1. The molecule has 27 heavy (non-hydrogen) atoms. The van der Waals surface area contributed by atoms with Crippen LogP contribution in [0.4, 0.5) is 11.4 Å². The van der Waals surface area contributed by atoms with Crippen LogP contribution < -0.4 is 11.5 Å². The molecule has 130 valence electrons. The van der Waals surface area contributed by atoms with Gasteiger partial charge in [-0.15, -0.1) is 0 Å². The summed E-state index contributed by atoms with van der Waals surface area (Å²) >= 11 is 0. The number of anilines is 2. The Hall–Kier alpha value is -4.00. The molecule has 7 nitrogen and oxygen atoms in total. The predicted octanol–water partition coefficient (Wildman–Crippen LogP) is 2.54. The second kappa shape index (κ2) is 5.77. The number of hydrogen-bond acceptors (Lipinski definition) is 7. The second-order valence-corrected chi connectivity index (χ2v) is 6.22. The van der Waals surface area contributed by atoms with E-state index >= 15 is 0 Å². The minimum Gasteiger partial charge on any atom is -0.399 e. The van der Waals surface area contributed by atoms with E-state index in [1.807, 2.05) is 71.7 Å². The van der Waals surface area contributed by atoms with Crippen LogP contribution >= 0.6 is 0 Å². The van der Waals surface area contributed by atoms with E-state index in [0.717, 1.165) is 22.8 Å². The van der Waals surface area contributed by atoms with Crippen molar-refractivity contribution in [3.8, 4) is 0 Å². The van der Waals surface area contributed by atoms with Crippen molar-refractivity contribution >= 4 is 34.8 Å². The van der Waals surface area contributed by atoms with Crippen LogP contribution in [0.15, 0.2) is 92.5 Å². The van der Waals surface area contributed by atoms with Crippen molar-refractivity contribution in [2.45, 2.75) is 0 Å². The van der Waals surface area contributed by atoms with Gasteiger partial charge in [0.2, 0.25) is 5.96 Å². The van der Waals surface area contributed by atoms with E-state index in [4.69, 9.17) is 11.5 Å². The van der Waals surface area contributed by atoms with E-state index in [2.05, 4.69) is 20.0 Å². The fourth-order valence-electron chi connectivity index (χ4n) is 2.97. The molecule has 0 saturated carbocycles. The zero-order chi connectivity index (χ0) is 18.4. The summed E-state index contributed by atoms with van der Waals surface area (Å²) in [6.45, 7) is 0. The molecular weight excluding hydrogens is 338 g/mol. The molecule has 0 aromatic heterocycles. The third-order valence-electron chi connectivity index (χ3n) is 4.34. The Morgan fingerprint density at radius 1 is 0.667 bits per heavy atom. The van der Waals surface area contributed by atoms with Gasteiger partial charge in [0.25, 0.3) is 0 Å². The van der Waals surface area contributed by atoms with Crippen LogP contribution in [0.5, 0.6) is 0 Å². The molecule has 0 radical (unpaired) electrons. The second-order valence-electron chi connectivity index (χ2n) is 6.22. The Morgan fingerprint density at radius 3 is 1.89 bits per heavy atom. The highest BCUT2D eigenvalue weighted by Gasteiger charge is 2.31. The number of hydrogen-bond donors (Lipinski definition) is 2. The number of nitrogens with two attached hydrogens (primary N) is 2. The first-order valence-electron chi connectivity index (χ1n) is 8.42. The van der Waals surface area contributed by atoms with Gasteiger partial charge in [0.15, 0.2) is 11.7 Å². The molecule has 0 amide bonds. The van der Waals surface area contributed by atoms with E-state index in [1.54, 1.807) is 0 Å². The fraction of sp³-hybridized carbons (Fsp3) is 0. The van der Waals surface area contributed by atoms with Gasteiger partial charge in [-0.25, -0.2) is 14.9 Å². The van der Waals surface area contributed by atoms with Gasteiger partial charge in [0.1, 0.15) is 11.7 Å². The highest BCUT2D eigenvalue weighted by molar-refractivity contribution is 6.25. The summed E-state index contributed by atoms with van der Waals surface area (Å²) in [7, 11) is 0. The van der Waals surface area contributed by atoms with Crippen LogP contribution in [0.1, 0.15) is 11.1 Å². The Bertz CT molecular complexity index is 1070. The molecule has 5 rings (SSSR count). The number of nitrogens with zero attached hydrogens (tertiary/aromatic N) is 5. The van der Waals surface area contributed by atoms with Crippen molar-refractivity contribution in [2.75, 3.05) is 11.5 Å². The summed E-state index contributed by atoms with van der Waals surface area (Å²) in [6.07, 6.45) is 5.74. The van der Waals surface area contributed by atoms with Crippen molar-refractivity contribution in [3.05, 3.63) is 83.7 Å². The molecule has 0 atom stereocenters. The molecular formula is C20H15N7. The Balaban J connectivity index is 1.63. The van der Waals surface area contributed by atoms with Crippen LogP contribution in [0.2, 0.25) is 0 Å². The van der Waals surface area contributed by atoms with Crippen molar-refractivity contribution in [3.63, 3.8) is 0 Å². The summed E-state index contributed by atoms with van der Waals surface area (Å²) in [6, 6.07) is 14.9. The predicted molar refractivity (Wildman–Crippen MR) is 109 cm³/mol. The standard InChI is InChI=1S/C20H15N7/c21-14-8-4-12(5-9-14)18-23-16-2-1-3-17-24-19(26-20(25-18)27(16)17)13-6-10-15(22)11-7-13/h1-11H,21-22H2. The van der Waals surface area contributed by atoms with Gasteiger partial charge in [-0.2, -0.15) is 9.98 Å². The zero-order valence-corrected chi connectivity index (χ0v) is 14.2. The molecule has 0 aliphatic carbocycles. The topological polar surface area (TPSA) is 105 Å². The normalized spacial score (nSPS) is 17.3. The Morgan fingerprint density at radius 2 is 1.26 bits per heavy atom. The van der Waals surface area contributed by atoms with Crippen molar-refractivity contribution in [2.24, 2.45) is 20.0 Å². The molecule has 0 saturated heterocycles. The van der Waals surface area contributed by atoms with E-state index < -0.39 is 0 Å². The van der Waals surface area contributed by atoms with Gasteiger partial charge in [0, 0.05) is 22.5 Å². The third kappa shape index (κ3) is 2.62. The molecule has 0 unspecified atom stereocenters. The van der Waals surface area contributed by atoms with E-state index in [1.165, 1.54) is 0 Å². The van der Waals surface area contributed by atoms with Crippen LogP contribution in [-0.4, -0.2) is 28.4 Å². The average molecular weight is 353 g/mol. The summed E-state index contributed by atoms with van der Waals surface area (Å²) < 4.78 is 0. The van der Waals surface area contributed by atoms with Gasteiger partial charge >= 0.3 is 0 Å². The van der Waals surface area contributed by atoms with E-state index in [0.29, 0.717) is 29.0 Å². The first kappa shape index (κ1) is 15.3. The third-order valence-corrected chi connectivity index (χ3v) is 4.34. The zero-order valence-electron chi connectivity index (χ0n) is 14.2. The van der Waals surface area contributed by atoms with E-state index in [9.17, 15) is 0 Å². The number of guanidine groups is 1. The Labute approximate surface area is 155 Å². The number of amidine groups is 3. The summed E-state index contributed by atoms with van der Waals surface area (Å²) in [5.41, 5.74) is 14.7. The maximum Gasteiger partial charge on any atom is 0.241 e. The molecule has 0 bridgehead atoms.